The Hall–Kier alpha value is -0.540. The Morgan fingerprint density at radius 3 is 2.46 bits per heavy atom. The number of nitrogen functional groups attached to an aromatic ring is 1. The number of aliphatic hydroxyl groups is 1. The lowest BCUT2D eigenvalue weighted by molar-refractivity contribution is 0.127. The molecule has 1 rings (SSSR count). The Kier molecular flexibility index (Phi) is 3.33. The summed E-state index contributed by atoms with van der Waals surface area (Å²) in [5.41, 5.74) is 7.21. The summed E-state index contributed by atoms with van der Waals surface area (Å²) in [5.74, 6) is 0.184. The molecule has 1 aromatic carbocycles. The third kappa shape index (κ3) is 2.45. The normalized spacial score (nSPS) is 13.3. The predicted octanol–water partition coefficient (Wildman–Crippen LogP) is 2.72. The molecular weight excluding hydrogens is 230 g/mol. The number of halogens is 1. The number of anilines is 1. The number of rotatable bonds is 2. The van der Waals surface area contributed by atoms with Gasteiger partial charge in [-0.2, -0.15) is 0 Å². The highest BCUT2D eigenvalue weighted by Gasteiger charge is 2.14. The van der Waals surface area contributed by atoms with Gasteiger partial charge in [0, 0.05) is 15.7 Å². The lowest BCUT2D eigenvalue weighted by Gasteiger charge is -2.16. The molecule has 0 aliphatic carbocycles. The molecule has 0 radical (unpaired) electrons. The van der Waals surface area contributed by atoms with Crippen LogP contribution in [0, 0.1) is 5.92 Å². The minimum Gasteiger partial charge on any atom is -0.398 e. The number of nitrogens with two attached hydrogens (primary N) is 1. The fraction of sp³-hybridized carbons (Fsp3) is 0.400. The largest absolute Gasteiger partial charge is 0.398 e. The van der Waals surface area contributed by atoms with E-state index in [1.54, 1.807) is 6.07 Å². The number of aliphatic hydroxyl groups excluding tert-OH is 1. The Bertz CT molecular complexity index is 299. The summed E-state index contributed by atoms with van der Waals surface area (Å²) in [6.45, 7) is 3.93. The van der Waals surface area contributed by atoms with Crippen molar-refractivity contribution in [1.82, 2.24) is 0 Å². The maximum absolute atomic E-state index is 9.77. The third-order valence-corrected chi connectivity index (χ3v) is 2.49. The van der Waals surface area contributed by atoms with Crippen molar-refractivity contribution in [2.24, 2.45) is 5.92 Å². The van der Waals surface area contributed by atoms with Gasteiger partial charge in [0.15, 0.2) is 0 Å². The number of hydrogen-bond donors (Lipinski definition) is 2. The van der Waals surface area contributed by atoms with Crippen LogP contribution in [0.2, 0.25) is 0 Å². The van der Waals surface area contributed by atoms with E-state index < -0.39 is 6.10 Å². The standard InChI is InChI=1S/C10H14BrNO/c1-6(2)10(13)8-4-3-7(11)5-9(8)12/h3-6,10,13H,12H2,1-2H3. The predicted molar refractivity (Wildman–Crippen MR) is 58.4 cm³/mol. The second-order valence-electron chi connectivity index (χ2n) is 3.46. The maximum Gasteiger partial charge on any atom is 0.0832 e. The zero-order valence-corrected chi connectivity index (χ0v) is 9.38. The first-order chi connectivity index (χ1) is 6.02. The van der Waals surface area contributed by atoms with Gasteiger partial charge in [-0.15, -0.1) is 0 Å². The average Bonchev–Trinajstić information content (AvgIpc) is 2.03. The first-order valence-electron chi connectivity index (χ1n) is 4.25. The fourth-order valence-corrected chi connectivity index (χ4v) is 1.55. The molecule has 1 unspecified atom stereocenters. The van der Waals surface area contributed by atoms with Crippen LogP contribution in [0.3, 0.4) is 0 Å². The van der Waals surface area contributed by atoms with Gasteiger partial charge >= 0.3 is 0 Å². The molecule has 3 heteroatoms. The molecule has 2 nitrogen and oxygen atoms in total. The van der Waals surface area contributed by atoms with E-state index in [2.05, 4.69) is 15.9 Å². The monoisotopic (exact) mass is 243 g/mol. The van der Waals surface area contributed by atoms with E-state index in [4.69, 9.17) is 5.73 Å². The molecule has 0 aliphatic heterocycles. The molecule has 0 spiro atoms. The highest BCUT2D eigenvalue weighted by molar-refractivity contribution is 9.10. The topological polar surface area (TPSA) is 46.2 Å². The van der Waals surface area contributed by atoms with Crippen molar-refractivity contribution in [2.45, 2.75) is 20.0 Å². The van der Waals surface area contributed by atoms with E-state index >= 15 is 0 Å². The van der Waals surface area contributed by atoms with Crippen LogP contribution in [0.1, 0.15) is 25.5 Å². The summed E-state index contributed by atoms with van der Waals surface area (Å²) in [4.78, 5) is 0. The summed E-state index contributed by atoms with van der Waals surface area (Å²) in [7, 11) is 0. The van der Waals surface area contributed by atoms with Crippen molar-refractivity contribution in [1.29, 1.82) is 0 Å². The van der Waals surface area contributed by atoms with Gasteiger partial charge in [0.2, 0.25) is 0 Å². The first-order valence-corrected chi connectivity index (χ1v) is 5.04. The molecule has 1 aromatic rings. The highest BCUT2D eigenvalue weighted by Crippen LogP contribution is 2.28. The van der Waals surface area contributed by atoms with Crippen LogP contribution in [0.25, 0.3) is 0 Å². The van der Waals surface area contributed by atoms with E-state index in [1.165, 1.54) is 0 Å². The van der Waals surface area contributed by atoms with Crippen LogP contribution in [-0.4, -0.2) is 5.11 Å². The molecule has 0 aromatic heterocycles. The molecule has 0 fully saturated rings. The SMILES string of the molecule is CC(C)C(O)c1ccc(Br)cc1N. The molecule has 13 heavy (non-hydrogen) atoms. The molecule has 1 atom stereocenters. The lowest BCUT2D eigenvalue weighted by atomic mass is 9.98. The average molecular weight is 244 g/mol. The van der Waals surface area contributed by atoms with Crippen LogP contribution < -0.4 is 5.73 Å². The van der Waals surface area contributed by atoms with Crippen LogP contribution >= 0.6 is 15.9 Å². The van der Waals surface area contributed by atoms with Crippen molar-refractivity contribution in [2.75, 3.05) is 5.73 Å². The lowest BCUT2D eigenvalue weighted by Crippen LogP contribution is -2.08. The Balaban J connectivity index is 3.01. The van der Waals surface area contributed by atoms with Gasteiger partial charge in [-0.3, -0.25) is 0 Å². The van der Waals surface area contributed by atoms with Gasteiger partial charge in [0.1, 0.15) is 0 Å². The molecule has 72 valence electrons. The quantitative estimate of drug-likeness (QED) is 0.785. The number of hydrogen-bond acceptors (Lipinski definition) is 2. The van der Waals surface area contributed by atoms with Crippen molar-refractivity contribution < 1.29 is 5.11 Å². The first kappa shape index (κ1) is 10.5. The molecule has 0 heterocycles. The second kappa shape index (κ2) is 4.11. The van der Waals surface area contributed by atoms with E-state index in [0.29, 0.717) is 5.69 Å². The van der Waals surface area contributed by atoms with Crippen LogP contribution in [0.5, 0.6) is 0 Å². The Morgan fingerprint density at radius 2 is 2.00 bits per heavy atom. The Morgan fingerprint density at radius 1 is 1.38 bits per heavy atom. The van der Waals surface area contributed by atoms with Crippen molar-refractivity contribution >= 4 is 21.6 Å². The molecule has 0 bridgehead atoms. The smallest absolute Gasteiger partial charge is 0.0832 e. The number of benzene rings is 1. The van der Waals surface area contributed by atoms with Gasteiger partial charge in [0.05, 0.1) is 6.10 Å². The van der Waals surface area contributed by atoms with E-state index in [-0.39, 0.29) is 5.92 Å². The summed E-state index contributed by atoms with van der Waals surface area (Å²) < 4.78 is 0.935. The van der Waals surface area contributed by atoms with Crippen LogP contribution in [-0.2, 0) is 0 Å². The zero-order chi connectivity index (χ0) is 10.0. The van der Waals surface area contributed by atoms with Gasteiger partial charge in [-0.05, 0) is 18.1 Å². The van der Waals surface area contributed by atoms with Gasteiger partial charge in [-0.1, -0.05) is 35.8 Å². The van der Waals surface area contributed by atoms with Gasteiger partial charge in [0.25, 0.3) is 0 Å². The third-order valence-electron chi connectivity index (χ3n) is 2.00. The maximum atomic E-state index is 9.77. The van der Waals surface area contributed by atoms with Crippen molar-refractivity contribution in [3.8, 4) is 0 Å². The van der Waals surface area contributed by atoms with Crippen LogP contribution in [0.15, 0.2) is 22.7 Å². The Labute approximate surface area is 86.9 Å². The minimum atomic E-state index is -0.479. The summed E-state index contributed by atoms with van der Waals surface area (Å²) in [6, 6.07) is 5.54. The highest BCUT2D eigenvalue weighted by atomic mass is 79.9. The van der Waals surface area contributed by atoms with Crippen LogP contribution in [0.4, 0.5) is 5.69 Å². The molecule has 0 saturated carbocycles. The summed E-state index contributed by atoms with van der Waals surface area (Å²) in [5, 5.41) is 9.77. The van der Waals surface area contributed by atoms with Gasteiger partial charge in [-0.25, -0.2) is 0 Å². The molecular formula is C10H14BrNO. The van der Waals surface area contributed by atoms with E-state index in [9.17, 15) is 5.11 Å². The van der Waals surface area contributed by atoms with E-state index in [1.807, 2.05) is 26.0 Å². The van der Waals surface area contributed by atoms with Crippen molar-refractivity contribution in [3.05, 3.63) is 28.2 Å². The summed E-state index contributed by atoms with van der Waals surface area (Å²) in [6.07, 6.45) is -0.479. The molecule has 0 amide bonds. The van der Waals surface area contributed by atoms with Crippen molar-refractivity contribution in [3.63, 3.8) is 0 Å². The van der Waals surface area contributed by atoms with Gasteiger partial charge < -0.3 is 10.8 Å². The molecule has 0 saturated heterocycles. The fourth-order valence-electron chi connectivity index (χ4n) is 1.17. The molecule has 0 aliphatic rings. The van der Waals surface area contributed by atoms with E-state index in [0.717, 1.165) is 10.0 Å². The molecule has 3 N–H and O–H groups in total. The second-order valence-corrected chi connectivity index (χ2v) is 4.38. The zero-order valence-electron chi connectivity index (χ0n) is 7.79. The minimum absolute atomic E-state index is 0.184. The summed E-state index contributed by atoms with van der Waals surface area (Å²) >= 11 is 3.32.